The van der Waals surface area contributed by atoms with Crippen molar-refractivity contribution in [3.05, 3.63) is 46.4 Å². The van der Waals surface area contributed by atoms with Crippen molar-refractivity contribution >= 4 is 12.0 Å². The smallest absolute Gasteiger partial charge is 0.407 e. The van der Waals surface area contributed by atoms with Crippen molar-refractivity contribution in [2.75, 3.05) is 18.0 Å². The van der Waals surface area contributed by atoms with Gasteiger partial charge in [0.2, 0.25) is 5.95 Å². The van der Waals surface area contributed by atoms with E-state index < -0.39 is 6.09 Å². The van der Waals surface area contributed by atoms with E-state index in [0.29, 0.717) is 19.0 Å². The number of piperidine rings is 1. The van der Waals surface area contributed by atoms with Crippen molar-refractivity contribution < 1.29 is 9.53 Å². The van der Waals surface area contributed by atoms with Crippen molar-refractivity contribution in [2.45, 2.75) is 25.5 Å². The quantitative estimate of drug-likeness (QED) is 0.780. The van der Waals surface area contributed by atoms with Gasteiger partial charge in [-0.25, -0.2) is 14.7 Å². The van der Waals surface area contributed by atoms with E-state index in [2.05, 4.69) is 20.5 Å². The largest absolute Gasteiger partial charge is 0.445 e. The molecule has 1 aliphatic rings. The fourth-order valence-corrected chi connectivity index (χ4v) is 2.58. The summed E-state index contributed by atoms with van der Waals surface area (Å²) in [4.78, 5) is 27.5. The summed E-state index contributed by atoms with van der Waals surface area (Å²) in [5.74, 6) is 0.542. The van der Waals surface area contributed by atoms with E-state index in [9.17, 15) is 9.59 Å². The fraction of sp³-hybridized carbons (Fsp3) is 0.400. The first-order chi connectivity index (χ1) is 11.2. The fourth-order valence-electron chi connectivity index (χ4n) is 2.58. The Labute approximate surface area is 132 Å². The molecule has 0 unspecified atom stereocenters. The lowest BCUT2D eigenvalue weighted by molar-refractivity contribution is 0.134. The Morgan fingerprint density at radius 2 is 2.04 bits per heavy atom. The first-order valence-electron chi connectivity index (χ1n) is 7.57. The molecular weight excluding hydrogens is 298 g/mol. The molecule has 0 spiro atoms. The van der Waals surface area contributed by atoms with E-state index in [1.54, 1.807) is 0 Å². The lowest BCUT2D eigenvalue weighted by Gasteiger charge is -2.31. The lowest BCUT2D eigenvalue weighted by atomic mass is 10.1. The van der Waals surface area contributed by atoms with Crippen LogP contribution in [0.15, 0.2) is 35.1 Å². The van der Waals surface area contributed by atoms with Crippen LogP contribution >= 0.6 is 0 Å². The minimum atomic E-state index is -0.402. The lowest BCUT2D eigenvalue weighted by Crippen LogP contribution is -2.45. The van der Waals surface area contributed by atoms with Gasteiger partial charge in [-0.15, -0.1) is 5.10 Å². The number of amides is 1. The second-order valence-corrected chi connectivity index (χ2v) is 5.47. The number of aromatic amines is 2. The molecule has 1 aromatic heterocycles. The van der Waals surface area contributed by atoms with Crippen molar-refractivity contribution in [1.82, 2.24) is 20.5 Å². The number of aromatic nitrogens is 3. The Balaban J connectivity index is 1.41. The highest BCUT2D eigenvalue weighted by molar-refractivity contribution is 5.67. The van der Waals surface area contributed by atoms with Crippen LogP contribution in [0, 0.1) is 0 Å². The molecule has 1 fully saturated rings. The van der Waals surface area contributed by atoms with Crippen LogP contribution < -0.4 is 15.9 Å². The molecule has 3 N–H and O–H groups in total. The topological polar surface area (TPSA) is 103 Å². The summed E-state index contributed by atoms with van der Waals surface area (Å²) in [6.45, 7) is 1.69. The first kappa shape index (κ1) is 15.1. The summed E-state index contributed by atoms with van der Waals surface area (Å²) in [7, 11) is 0. The van der Waals surface area contributed by atoms with Gasteiger partial charge in [0.05, 0.1) is 0 Å². The normalized spacial score (nSPS) is 15.4. The van der Waals surface area contributed by atoms with Gasteiger partial charge in [-0.3, -0.25) is 4.98 Å². The highest BCUT2D eigenvalue weighted by atomic mass is 16.5. The minimum absolute atomic E-state index is 0.0696. The van der Waals surface area contributed by atoms with Gasteiger partial charge in [0.25, 0.3) is 0 Å². The zero-order chi connectivity index (χ0) is 16.1. The summed E-state index contributed by atoms with van der Waals surface area (Å²) < 4.78 is 5.22. The Morgan fingerprint density at radius 1 is 1.30 bits per heavy atom. The number of hydrogen-bond acceptors (Lipinski definition) is 5. The molecule has 8 heteroatoms. The third-order valence-electron chi connectivity index (χ3n) is 3.82. The van der Waals surface area contributed by atoms with E-state index in [1.165, 1.54) is 0 Å². The number of H-pyrrole nitrogens is 2. The Bertz CT molecular complexity index is 688. The number of carbonyl (C=O) groups is 1. The monoisotopic (exact) mass is 317 g/mol. The highest BCUT2D eigenvalue weighted by Gasteiger charge is 2.22. The third-order valence-corrected chi connectivity index (χ3v) is 3.82. The predicted octanol–water partition coefficient (Wildman–Crippen LogP) is 0.993. The van der Waals surface area contributed by atoms with Crippen molar-refractivity contribution in [1.29, 1.82) is 0 Å². The Kier molecular flexibility index (Phi) is 4.60. The molecule has 0 aliphatic carbocycles. The van der Waals surface area contributed by atoms with Crippen LogP contribution in [0.4, 0.5) is 10.7 Å². The summed E-state index contributed by atoms with van der Waals surface area (Å²) in [5.41, 5.74) is 0.643. The zero-order valence-electron chi connectivity index (χ0n) is 12.6. The SMILES string of the molecule is O=C(NC1CCN(c2n[nH]c(=O)[nH]2)CC1)OCc1ccccc1. The maximum Gasteiger partial charge on any atom is 0.407 e. The van der Waals surface area contributed by atoms with Gasteiger partial charge in [-0.05, 0) is 18.4 Å². The molecule has 0 saturated carbocycles. The molecule has 1 aromatic carbocycles. The van der Waals surface area contributed by atoms with Gasteiger partial charge in [-0.1, -0.05) is 30.3 Å². The number of hydrogen-bond donors (Lipinski definition) is 3. The number of carbonyl (C=O) groups excluding carboxylic acids is 1. The van der Waals surface area contributed by atoms with Crippen LogP contribution in [0.1, 0.15) is 18.4 Å². The van der Waals surface area contributed by atoms with Gasteiger partial charge in [0.15, 0.2) is 0 Å². The molecule has 0 radical (unpaired) electrons. The van der Waals surface area contributed by atoms with E-state index in [1.807, 2.05) is 35.2 Å². The summed E-state index contributed by atoms with van der Waals surface area (Å²) in [5, 5.41) is 9.14. The second kappa shape index (κ2) is 6.99. The molecule has 122 valence electrons. The van der Waals surface area contributed by atoms with E-state index in [4.69, 9.17) is 4.74 Å². The maximum absolute atomic E-state index is 11.8. The predicted molar refractivity (Wildman–Crippen MR) is 84.2 cm³/mol. The second-order valence-electron chi connectivity index (χ2n) is 5.47. The number of alkyl carbamates (subject to hydrolysis) is 1. The molecule has 0 atom stereocenters. The van der Waals surface area contributed by atoms with E-state index >= 15 is 0 Å². The molecular formula is C15H19N5O3. The average molecular weight is 317 g/mol. The van der Waals surface area contributed by atoms with Crippen LogP contribution in [0.2, 0.25) is 0 Å². The van der Waals surface area contributed by atoms with Crippen LogP contribution in [-0.4, -0.2) is 40.4 Å². The van der Waals surface area contributed by atoms with Crippen molar-refractivity contribution in [3.63, 3.8) is 0 Å². The molecule has 2 heterocycles. The Hall–Kier alpha value is -2.77. The molecule has 1 saturated heterocycles. The van der Waals surface area contributed by atoms with Gasteiger partial charge in [0.1, 0.15) is 6.61 Å². The summed E-state index contributed by atoms with van der Waals surface area (Å²) >= 11 is 0. The zero-order valence-corrected chi connectivity index (χ0v) is 12.6. The number of benzene rings is 1. The number of ether oxygens (including phenoxy) is 1. The number of nitrogens with zero attached hydrogens (tertiary/aromatic N) is 2. The summed E-state index contributed by atoms with van der Waals surface area (Å²) in [6, 6.07) is 9.63. The Morgan fingerprint density at radius 3 is 2.70 bits per heavy atom. The van der Waals surface area contributed by atoms with E-state index in [0.717, 1.165) is 18.4 Å². The van der Waals surface area contributed by atoms with Gasteiger partial charge >= 0.3 is 11.8 Å². The summed E-state index contributed by atoms with van der Waals surface area (Å²) in [6.07, 6.45) is 1.14. The van der Waals surface area contributed by atoms with E-state index in [-0.39, 0.29) is 18.3 Å². The minimum Gasteiger partial charge on any atom is -0.445 e. The molecule has 1 amide bonds. The molecule has 2 aromatic rings. The van der Waals surface area contributed by atoms with Crippen LogP contribution in [0.25, 0.3) is 0 Å². The van der Waals surface area contributed by atoms with Crippen LogP contribution in [-0.2, 0) is 11.3 Å². The molecule has 1 aliphatic heterocycles. The molecule has 23 heavy (non-hydrogen) atoms. The first-order valence-corrected chi connectivity index (χ1v) is 7.57. The van der Waals surface area contributed by atoms with Gasteiger partial charge < -0.3 is 15.0 Å². The highest BCUT2D eigenvalue weighted by Crippen LogP contribution is 2.14. The third kappa shape index (κ3) is 4.12. The molecule has 0 bridgehead atoms. The molecule has 3 rings (SSSR count). The number of rotatable bonds is 4. The van der Waals surface area contributed by atoms with Crippen LogP contribution in [0.5, 0.6) is 0 Å². The van der Waals surface area contributed by atoms with Gasteiger partial charge in [-0.2, -0.15) is 0 Å². The molecule has 8 nitrogen and oxygen atoms in total. The van der Waals surface area contributed by atoms with Crippen molar-refractivity contribution in [2.24, 2.45) is 0 Å². The number of nitrogens with one attached hydrogen (secondary N) is 3. The average Bonchev–Trinajstić information content (AvgIpc) is 3.01. The maximum atomic E-state index is 11.8. The number of anilines is 1. The van der Waals surface area contributed by atoms with Crippen LogP contribution in [0.3, 0.4) is 0 Å². The van der Waals surface area contributed by atoms with Crippen molar-refractivity contribution in [3.8, 4) is 0 Å². The van der Waals surface area contributed by atoms with Gasteiger partial charge in [0, 0.05) is 19.1 Å². The standard InChI is InChI=1S/C15H19N5O3/c21-14-17-13(18-19-14)20-8-6-12(7-9-20)16-15(22)23-10-11-4-2-1-3-5-11/h1-5,12H,6-10H2,(H,16,22)(H2,17,18,19,21).